The Bertz CT molecular complexity index is 792. The molecule has 21 heavy (non-hydrogen) atoms. The number of aryl methyl sites for hydroxylation is 2. The van der Waals surface area contributed by atoms with Gasteiger partial charge in [-0.1, -0.05) is 0 Å². The van der Waals surface area contributed by atoms with Gasteiger partial charge in [-0.05, 0) is 28.1 Å². The Morgan fingerprint density at radius 3 is 3.00 bits per heavy atom. The number of pyridine rings is 1. The molecular weight excluding hydrogens is 334 g/mol. The third-order valence-electron chi connectivity index (χ3n) is 3.25. The summed E-state index contributed by atoms with van der Waals surface area (Å²) in [5.41, 5.74) is 0.775. The van der Waals surface area contributed by atoms with Crippen LogP contribution in [0.1, 0.15) is 12.2 Å². The highest BCUT2D eigenvalue weighted by Gasteiger charge is 2.10. The summed E-state index contributed by atoms with van der Waals surface area (Å²) in [6.45, 7) is 0. The second kappa shape index (κ2) is 5.69. The molecule has 0 spiro atoms. The molecule has 0 unspecified atom stereocenters. The number of imidazole rings is 2. The first-order valence-electron chi connectivity index (χ1n) is 6.53. The predicted octanol–water partition coefficient (Wildman–Crippen LogP) is 2.40. The molecule has 0 aliphatic carbocycles. The number of anilines is 1. The number of fused-ring (bicyclic) bond motifs is 1. The Hall–Kier alpha value is -2.15. The average molecular weight is 348 g/mol. The van der Waals surface area contributed by atoms with Gasteiger partial charge >= 0.3 is 0 Å². The second-order valence-corrected chi connectivity index (χ2v) is 5.55. The molecule has 1 N–H and O–H groups in total. The normalized spacial score (nSPS) is 11.0. The molecule has 0 aliphatic heterocycles. The number of amides is 1. The van der Waals surface area contributed by atoms with Crippen molar-refractivity contribution in [1.29, 1.82) is 0 Å². The Kier molecular flexibility index (Phi) is 3.74. The minimum absolute atomic E-state index is 0.0558. The van der Waals surface area contributed by atoms with Crippen molar-refractivity contribution in [3.8, 4) is 0 Å². The van der Waals surface area contributed by atoms with Crippen LogP contribution < -0.4 is 5.32 Å². The summed E-state index contributed by atoms with van der Waals surface area (Å²) in [6, 6.07) is 3.80. The quantitative estimate of drug-likeness (QED) is 0.788. The van der Waals surface area contributed by atoms with Crippen molar-refractivity contribution in [2.24, 2.45) is 7.05 Å². The fourth-order valence-electron chi connectivity index (χ4n) is 2.14. The Labute approximate surface area is 130 Å². The topological polar surface area (TPSA) is 64.2 Å². The van der Waals surface area contributed by atoms with E-state index in [1.807, 2.05) is 40.5 Å². The van der Waals surface area contributed by atoms with E-state index in [2.05, 4.69) is 31.2 Å². The average Bonchev–Trinajstić information content (AvgIpc) is 3.05. The second-order valence-electron chi connectivity index (χ2n) is 4.70. The number of nitrogens with one attached hydrogen (secondary N) is 1. The highest BCUT2D eigenvalue weighted by Crippen LogP contribution is 2.20. The van der Waals surface area contributed by atoms with Crippen LogP contribution in [0.15, 0.2) is 41.4 Å². The van der Waals surface area contributed by atoms with Gasteiger partial charge in [0.05, 0.1) is 10.7 Å². The van der Waals surface area contributed by atoms with Crippen molar-refractivity contribution in [2.45, 2.75) is 12.8 Å². The number of halogens is 1. The van der Waals surface area contributed by atoms with Gasteiger partial charge in [0.2, 0.25) is 5.91 Å². The SMILES string of the molecule is Cn1ccnc1CCC(=O)Nc1cnc2c(Br)cccn12. The molecule has 108 valence electrons. The van der Waals surface area contributed by atoms with Crippen molar-refractivity contribution in [1.82, 2.24) is 18.9 Å². The lowest BCUT2D eigenvalue weighted by atomic mass is 10.3. The van der Waals surface area contributed by atoms with Crippen LogP contribution in [-0.4, -0.2) is 24.8 Å². The minimum Gasteiger partial charge on any atom is -0.338 e. The summed E-state index contributed by atoms with van der Waals surface area (Å²) >= 11 is 3.43. The molecule has 3 heterocycles. The minimum atomic E-state index is -0.0558. The zero-order valence-corrected chi connectivity index (χ0v) is 13.0. The van der Waals surface area contributed by atoms with E-state index in [1.165, 1.54) is 0 Å². The maximum Gasteiger partial charge on any atom is 0.225 e. The van der Waals surface area contributed by atoms with Crippen molar-refractivity contribution in [2.75, 3.05) is 5.32 Å². The lowest BCUT2D eigenvalue weighted by Gasteiger charge is -2.05. The van der Waals surface area contributed by atoms with E-state index >= 15 is 0 Å². The van der Waals surface area contributed by atoms with Crippen molar-refractivity contribution >= 4 is 33.3 Å². The van der Waals surface area contributed by atoms with E-state index in [-0.39, 0.29) is 5.91 Å². The molecule has 3 aromatic rings. The number of carbonyl (C=O) groups is 1. The van der Waals surface area contributed by atoms with Gasteiger partial charge in [-0.2, -0.15) is 0 Å². The first-order valence-corrected chi connectivity index (χ1v) is 7.32. The third kappa shape index (κ3) is 2.82. The summed E-state index contributed by atoms with van der Waals surface area (Å²) in [4.78, 5) is 20.5. The molecule has 7 heteroatoms. The van der Waals surface area contributed by atoms with E-state index in [4.69, 9.17) is 0 Å². The molecule has 0 fully saturated rings. The van der Waals surface area contributed by atoms with Crippen LogP contribution in [0.25, 0.3) is 5.65 Å². The lowest BCUT2D eigenvalue weighted by Crippen LogP contribution is -2.14. The zero-order chi connectivity index (χ0) is 14.8. The van der Waals surface area contributed by atoms with Gasteiger partial charge < -0.3 is 9.88 Å². The molecule has 3 rings (SSSR count). The van der Waals surface area contributed by atoms with Gasteiger partial charge in [0, 0.05) is 38.5 Å². The first-order chi connectivity index (χ1) is 10.1. The summed E-state index contributed by atoms with van der Waals surface area (Å²) in [5.74, 6) is 1.50. The molecule has 0 bridgehead atoms. The summed E-state index contributed by atoms with van der Waals surface area (Å²) in [6.07, 6.45) is 8.10. The van der Waals surface area contributed by atoms with Gasteiger partial charge in [0.1, 0.15) is 11.6 Å². The van der Waals surface area contributed by atoms with Crippen LogP contribution in [-0.2, 0) is 18.3 Å². The maximum atomic E-state index is 12.0. The van der Waals surface area contributed by atoms with Crippen LogP contribution in [0.4, 0.5) is 5.82 Å². The molecular formula is C14H14BrN5O. The van der Waals surface area contributed by atoms with E-state index in [9.17, 15) is 4.79 Å². The standard InChI is InChI=1S/C14H14BrN5O/c1-19-8-6-16-11(19)4-5-13(21)18-12-9-17-14-10(15)3-2-7-20(12)14/h2-3,6-9H,4-5H2,1H3,(H,18,21). The fraction of sp³-hybridized carbons (Fsp3) is 0.214. The van der Waals surface area contributed by atoms with Gasteiger partial charge in [0.15, 0.2) is 5.65 Å². The monoisotopic (exact) mass is 347 g/mol. The van der Waals surface area contributed by atoms with Crippen LogP contribution in [0, 0.1) is 0 Å². The third-order valence-corrected chi connectivity index (χ3v) is 3.87. The largest absolute Gasteiger partial charge is 0.338 e. The van der Waals surface area contributed by atoms with Crippen LogP contribution in [0.5, 0.6) is 0 Å². The van der Waals surface area contributed by atoms with Crippen molar-refractivity contribution in [3.05, 3.63) is 47.2 Å². The van der Waals surface area contributed by atoms with E-state index in [0.29, 0.717) is 18.7 Å². The number of hydrogen-bond acceptors (Lipinski definition) is 3. The number of aromatic nitrogens is 4. The Morgan fingerprint density at radius 1 is 1.38 bits per heavy atom. The number of nitrogens with zero attached hydrogens (tertiary/aromatic N) is 4. The predicted molar refractivity (Wildman–Crippen MR) is 83.1 cm³/mol. The smallest absolute Gasteiger partial charge is 0.225 e. The van der Waals surface area contributed by atoms with Crippen molar-refractivity contribution in [3.63, 3.8) is 0 Å². The molecule has 0 aromatic carbocycles. The first kappa shape index (κ1) is 13.8. The number of carbonyl (C=O) groups excluding carboxylic acids is 1. The molecule has 3 aromatic heterocycles. The molecule has 6 nitrogen and oxygen atoms in total. The highest BCUT2D eigenvalue weighted by atomic mass is 79.9. The maximum absolute atomic E-state index is 12.0. The summed E-state index contributed by atoms with van der Waals surface area (Å²) in [7, 11) is 1.92. The van der Waals surface area contributed by atoms with E-state index in [1.54, 1.807) is 12.4 Å². The van der Waals surface area contributed by atoms with Gasteiger partial charge in [0.25, 0.3) is 0 Å². The molecule has 0 saturated carbocycles. The molecule has 0 aliphatic rings. The lowest BCUT2D eigenvalue weighted by molar-refractivity contribution is -0.116. The zero-order valence-electron chi connectivity index (χ0n) is 11.5. The number of rotatable bonds is 4. The molecule has 0 atom stereocenters. The van der Waals surface area contributed by atoms with Gasteiger partial charge in [-0.15, -0.1) is 0 Å². The summed E-state index contributed by atoms with van der Waals surface area (Å²) in [5, 5.41) is 2.88. The summed E-state index contributed by atoms with van der Waals surface area (Å²) < 4.78 is 4.64. The van der Waals surface area contributed by atoms with Crippen LogP contribution >= 0.6 is 15.9 Å². The Morgan fingerprint density at radius 2 is 2.24 bits per heavy atom. The molecule has 1 amide bonds. The van der Waals surface area contributed by atoms with Crippen LogP contribution in [0.3, 0.4) is 0 Å². The molecule has 0 radical (unpaired) electrons. The number of hydrogen-bond donors (Lipinski definition) is 1. The van der Waals surface area contributed by atoms with E-state index in [0.717, 1.165) is 15.9 Å². The van der Waals surface area contributed by atoms with E-state index < -0.39 is 0 Å². The fourth-order valence-corrected chi connectivity index (χ4v) is 2.58. The van der Waals surface area contributed by atoms with Gasteiger partial charge in [-0.3, -0.25) is 9.20 Å². The molecule has 0 saturated heterocycles. The highest BCUT2D eigenvalue weighted by molar-refractivity contribution is 9.10. The van der Waals surface area contributed by atoms with Crippen LogP contribution in [0.2, 0.25) is 0 Å². The van der Waals surface area contributed by atoms with Gasteiger partial charge in [-0.25, -0.2) is 9.97 Å². The van der Waals surface area contributed by atoms with Crippen molar-refractivity contribution < 1.29 is 4.79 Å². The Balaban J connectivity index is 1.69.